The lowest BCUT2D eigenvalue weighted by Gasteiger charge is -2.21. The smallest absolute Gasteiger partial charge is 0.320 e. The Bertz CT molecular complexity index is 436. The molecule has 1 aliphatic rings. The van der Waals surface area contributed by atoms with Crippen molar-refractivity contribution in [2.24, 2.45) is 0 Å². The van der Waals surface area contributed by atoms with Crippen molar-refractivity contribution in [2.75, 3.05) is 31.7 Å². The number of carbonyl (C=O) groups excluding carboxylic acids is 1. The SMILES string of the molecule is CCCCCCCCCCOC(=O)CN(C)[C@@H]1CCS(=O)(=O)C1. The number of nitrogens with zero attached hydrogens (tertiary/aromatic N) is 1. The molecule has 1 rings (SSSR count). The van der Waals surface area contributed by atoms with Gasteiger partial charge in [-0.2, -0.15) is 0 Å². The number of hydrogen-bond donors (Lipinski definition) is 0. The minimum Gasteiger partial charge on any atom is -0.465 e. The molecule has 0 aromatic carbocycles. The summed E-state index contributed by atoms with van der Waals surface area (Å²) >= 11 is 0. The van der Waals surface area contributed by atoms with E-state index in [2.05, 4.69) is 6.92 Å². The monoisotopic (exact) mass is 347 g/mol. The van der Waals surface area contributed by atoms with E-state index in [1.807, 2.05) is 0 Å². The van der Waals surface area contributed by atoms with Crippen molar-refractivity contribution in [2.45, 2.75) is 70.8 Å². The molecule has 5 nitrogen and oxygen atoms in total. The molecule has 0 spiro atoms. The molecule has 0 amide bonds. The van der Waals surface area contributed by atoms with Crippen LogP contribution in [0.5, 0.6) is 0 Å². The second-order valence-corrected chi connectivity index (χ2v) is 8.90. The molecule has 0 bridgehead atoms. The van der Waals surface area contributed by atoms with Crippen LogP contribution in [0.2, 0.25) is 0 Å². The van der Waals surface area contributed by atoms with E-state index >= 15 is 0 Å². The first kappa shape index (κ1) is 20.4. The summed E-state index contributed by atoms with van der Waals surface area (Å²) in [5, 5.41) is 0. The van der Waals surface area contributed by atoms with Gasteiger partial charge in [-0.15, -0.1) is 0 Å². The average molecular weight is 348 g/mol. The van der Waals surface area contributed by atoms with Gasteiger partial charge in [0, 0.05) is 6.04 Å². The Morgan fingerprint density at radius 3 is 2.26 bits per heavy atom. The third-order valence-corrected chi connectivity index (χ3v) is 6.22. The summed E-state index contributed by atoms with van der Waals surface area (Å²) in [7, 11) is -1.11. The number of esters is 1. The third-order valence-electron chi connectivity index (χ3n) is 4.47. The molecular weight excluding hydrogens is 314 g/mol. The van der Waals surface area contributed by atoms with Crippen LogP contribution in [0.4, 0.5) is 0 Å². The maximum absolute atomic E-state index is 11.8. The topological polar surface area (TPSA) is 63.7 Å². The largest absolute Gasteiger partial charge is 0.465 e. The minimum atomic E-state index is -2.91. The molecule has 0 radical (unpaired) electrons. The molecule has 0 unspecified atom stereocenters. The molecule has 6 heteroatoms. The number of sulfone groups is 1. The van der Waals surface area contributed by atoms with Gasteiger partial charge in [-0.3, -0.25) is 9.69 Å². The summed E-state index contributed by atoms with van der Waals surface area (Å²) in [6.45, 7) is 2.87. The summed E-state index contributed by atoms with van der Waals surface area (Å²) in [4.78, 5) is 13.6. The fraction of sp³-hybridized carbons (Fsp3) is 0.941. The van der Waals surface area contributed by atoms with Crippen molar-refractivity contribution in [3.05, 3.63) is 0 Å². The molecular formula is C17H33NO4S. The lowest BCUT2D eigenvalue weighted by Crippen LogP contribution is -2.37. The van der Waals surface area contributed by atoms with Crippen LogP contribution in [-0.4, -0.2) is 57.0 Å². The Hall–Kier alpha value is -0.620. The van der Waals surface area contributed by atoms with Crippen LogP contribution >= 0.6 is 0 Å². The number of ether oxygens (including phenoxy) is 1. The maximum Gasteiger partial charge on any atom is 0.320 e. The molecule has 1 saturated heterocycles. The Labute approximate surface area is 141 Å². The first-order valence-electron chi connectivity index (χ1n) is 9.01. The fourth-order valence-corrected chi connectivity index (χ4v) is 4.73. The number of carbonyl (C=O) groups is 1. The molecule has 0 aromatic heterocycles. The van der Waals surface area contributed by atoms with E-state index in [1.54, 1.807) is 11.9 Å². The van der Waals surface area contributed by atoms with Crippen molar-refractivity contribution < 1.29 is 17.9 Å². The molecule has 1 fully saturated rings. The molecule has 0 saturated carbocycles. The third kappa shape index (κ3) is 9.30. The van der Waals surface area contributed by atoms with Crippen LogP contribution < -0.4 is 0 Å². The van der Waals surface area contributed by atoms with E-state index in [-0.39, 0.29) is 30.1 Å². The summed E-state index contributed by atoms with van der Waals surface area (Å²) in [6.07, 6.45) is 10.4. The maximum atomic E-state index is 11.8. The number of rotatable bonds is 12. The van der Waals surface area contributed by atoms with Gasteiger partial charge in [0.05, 0.1) is 24.7 Å². The summed E-state index contributed by atoms with van der Waals surface area (Å²) in [5.74, 6) is 0.143. The van der Waals surface area contributed by atoms with Crippen molar-refractivity contribution in [1.29, 1.82) is 0 Å². The summed E-state index contributed by atoms with van der Waals surface area (Å²) < 4.78 is 28.1. The molecule has 23 heavy (non-hydrogen) atoms. The van der Waals surface area contributed by atoms with Crippen LogP contribution in [0.3, 0.4) is 0 Å². The molecule has 0 aliphatic carbocycles. The van der Waals surface area contributed by atoms with Crippen LogP contribution in [0, 0.1) is 0 Å². The van der Waals surface area contributed by atoms with Gasteiger partial charge in [-0.05, 0) is 19.9 Å². The normalized spacial score (nSPS) is 20.0. The van der Waals surface area contributed by atoms with Crippen LogP contribution in [0.1, 0.15) is 64.7 Å². The lowest BCUT2D eigenvalue weighted by molar-refractivity contribution is -0.145. The van der Waals surface area contributed by atoms with Gasteiger partial charge in [0.25, 0.3) is 0 Å². The highest BCUT2D eigenvalue weighted by atomic mass is 32.2. The predicted molar refractivity (Wildman–Crippen MR) is 93.3 cm³/mol. The van der Waals surface area contributed by atoms with E-state index in [9.17, 15) is 13.2 Å². The Morgan fingerprint density at radius 1 is 1.09 bits per heavy atom. The predicted octanol–water partition coefficient (Wildman–Crippen LogP) is 2.79. The van der Waals surface area contributed by atoms with Crippen LogP contribution in [0.15, 0.2) is 0 Å². The van der Waals surface area contributed by atoms with Gasteiger partial charge in [0.1, 0.15) is 0 Å². The Morgan fingerprint density at radius 2 is 1.70 bits per heavy atom. The van der Waals surface area contributed by atoms with Gasteiger partial charge in [-0.25, -0.2) is 8.42 Å². The fourth-order valence-electron chi connectivity index (χ4n) is 2.92. The van der Waals surface area contributed by atoms with E-state index in [0.717, 1.165) is 12.8 Å². The number of unbranched alkanes of at least 4 members (excludes halogenated alkanes) is 7. The number of likely N-dealkylation sites (N-methyl/N-ethyl adjacent to an activating group) is 1. The second-order valence-electron chi connectivity index (χ2n) is 6.67. The zero-order valence-corrected chi connectivity index (χ0v) is 15.6. The zero-order chi connectivity index (χ0) is 17.1. The Balaban J connectivity index is 2.00. The van der Waals surface area contributed by atoms with E-state index < -0.39 is 9.84 Å². The molecule has 0 aromatic rings. The first-order chi connectivity index (χ1) is 10.9. The minimum absolute atomic E-state index is 0.0457. The first-order valence-corrected chi connectivity index (χ1v) is 10.8. The van der Waals surface area contributed by atoms with Crippen LogP contribution in [0.25, 0.3) is 0 Å². The van der Waals surface area contributed by atoms with E-state index in [4.69, 9.17) is 4.74 Å². The quantitative estimate of drug-likeness (QED) is 0.401. The lowest BCUT2D eigenvalue weighted by atomic mass is 10.1. The van der Waals surface area contributed by atoms with Gasteiger partial charge in [0.15, 0.2) is 9.84 Å². The van der Waals surface area contributed by atoms with Crippen molar-refractivity contribution >= 4 is 15.8 Å². The highest BCUT2D eigenvalue weighted by Gasteiger charge is 2.31. The van der Waals surface area contributed by atoms with E-state index in [0.29, 0.717) is 13.0 Å². The average Bonchev–Trinajstić information content (AvgIpc) is 2.86. The molecule has 136 valence electrons. The molecule has 1 atom stereocenters. The van der Waals surface area contributed by atoms with Crippen molar-refractivity contribution in [1.82, 2.24) is 4.90 Å². The Kier molecular flexibility index (Phi) is 9.79. The number of hydrogen-bond acceptors (Lipinski definition) is 5. The van der Waals surface area contributed by atoms with E-state index in [1.165, 1.54) is 38.5 Å². The zero-order valence-electron chi connectivity index (χ0n) is 14.8. The second kappa shape index (κ2) is 11.0. The van der Waals surface area contributed by atoms with Crippen LogP contribution in [-0.2, 0) is 19.4 Å². The molecule has 0 N–H and O–H groups in total. The summed E-state index contributed by atoms with van der Waals surface area (Å²) in [6, 6.07) is -0.0457. The van der Waals surface area contributed by atoms with Crippen molar-refractivity contribution in [3.63, 3.8) is 0 Å². The highest BCUT2D eigenvalue weighted by molar-refractivity contribution is 7.91. The van der Waals surface area contributed by atoms with Gasteiger partial charge >= 0.3 is 5.97 Å². The van der Waals surface area contributed by atoms with Gasteiger partial charge in [-0.1, -0.05) is 51.9 Å². The van der Waals surface area contributed by atoms with Gasteiger partial charge in [0.2, 0.25) is 0 Å². The van der Waals surface area contributed by atoms with Gasteiger partial charge < -0.3 is 4.74 Å². The summed E-state index contributed by atoms with van der Waals surface area (Å²) in [5.41, 5.74) is 0. The van der Waals surface area contributed by atoms with Crippen molar-refractivity contribution in [3.8, 4) is 0 Å². The molecule has 1 heterocycles. The standard InChI is InChI=1S/C17H33NO4S/c1-3-4-5-6-7-8-9-10-12-22-17(19)14-18(2)16-11-13-23(20,21)15-16/h16H,3-15H2,1-2H3/t16-/m1/s1. The highest BCUT2D eigenvalue weighted by Crippen LogP contribution is 2.16. The molecule has 1 aliphatic heterocycles.